The normalized spacial score (nSPS) is 12.2. The minimum Gasteiger partial charge on any atom is -0.458 e. The highest BCUT2D eigenvalue weighted by atomic mass is 16.5. The molecule has 29 rings (SSSR count). The summed E-state index contributed by atoms with van der Waals surface area (Å²) in [7, 11) is 0. The number of aromatic nitrogens is 2. The molecule has 0 saturated carbocycles. The lowest BCUT2D eigenvalue weighted by Crippen LogP contribution is -2.58. The highest BCUT2D eigenvalue weighted by Crippen LogP contribution is 2.54. The van der Waals surface area contributed by atoms with Gasteiger partial charge in [-0.05, 0) is 285 Å². The van der Waals surface area contributed by atoms with Crippen LogP contribution in [0.2, 0.25) is 0 Å². The number of ether oxygens (including phenoxy) is 2. The zero-order chi connectivity index (χ0) is 94.6. The molecule has 0 N–H and O–H groups in total. The number of fused-ring (bicyclic) bond motifs is 14. The molecule has 0 atom stereocenters. The van der Waals surface area contributed by atoms with Gasteiger partial charge < -0.3 is 18.6 Å². The van der Waals surface area contributed by atoms with Crippen LogP contribution in [0.25, 0.3) is 233 Å². The minimum atomic E-state index is -0.335. The van der Waals surface area contributed by atoms with Crippen LogP contribution in [-0.2, 0) is 0 Å². The van der Waals surface area contributed by atoms with Crippen LogP contribution in [0.4, 0.5) is 0 Å². The van der Waals surface area contributed by atoms with Crippen LogP contribution in [0.15, 0.2) is 522 Å². The van der Waals surface area contributed by atoms with E-state index in [0.29, 0.717) is 0 Å². The maximum Gasteiger partial charge on any atom is 0.256 e. The molecule has 4 aliphatic heterocycles. The topological polar surface area (TPSA) is 28.3 Å². The van der Waals surface area contributed by atoms with Gasteiger partial charge in [0.15, 0.2) is 0 Å². The van der Waals surface area contributed by atoms with Gasteiger partial charge in [-0.3, -0.25) is 0 Å². The molecule has 666 valence electrons. The van der Waals surface area contributed by atoms with E-state index in [2.05, 4.69) is 531 Å². The van der Waals surface area contributed by atoms with Crippen LogP contribution >= 0.6 is 0 Å². The smallest absolute Gasteiger partial charge is 0.256 e. The number of hydrogen-bond donors (Lipinski definition) is 0. The Labute approximate surface area is 836 Å². The maximum atomic E-state index is 8.30. The van der Waals surface area contributed by atoms with Gasteiger partial charge in [0, 0.05) is 55.1 Å². The van der Waals surface area contributed by atoms with Crippen LogP contribution in [0.5, 0.6) is 23.0 Å². The first-order valence-electron chi connectivity index (χ1n) is 49.9. The Balaban J connectivity index is 0.687. The van der Waals surface area contributed by atoms with Crippen LogP contribution in [-0.4, -0.2) is 22.6 Å². The lowest BCUT2D eigenvalue weighted by Gasteiger charge is -2.35. The first kappa shape index (κ1) is 82.5. The van der Waals surface area contributed by atoms with E-state index in [1.807, 2.05) is 0 Å². The van der Waals surface area contributed by atoms with Gasteiger partial charge in [0.05, 0.1) is 11.0 Å². The van der Waals surface area contributed by atoms with E-state index < -0.39 is 0 Å². The summed E-state index contributed by atoms with van der Waals surface area (Å²) in [5.41, 5.74) is 49.0. The molecule has 6 heteroatoms. The fourth-order valence-corrected chi connectivity index (χ4v) is 24.1. The van der Waals surface area contributed by atoms with Gasteiger partial charge in [-0.15, -0.1) is 0 Å². The zero-order valence-electron chi connectivity index (χ0n) is 78.5. The van der Waals surface area contributed by atoms with E-state index in [4.69, 9.17) is 9.47 Å². The molecule has 144 heavy (non-hydrogen) atoms. The fraction of sp³-hybridized carbons (Fsp3) is 0. The van der Waals surface area contributed by atoms with Crippen LogP contribution < -0.4 is 42.3 Å². The molecule has 0 unspecified atom stereocenters. The summed E-state index contributed by atoms with van der Waals surface area (Å²) in [4.78, 5) is 0. The number of rotatable bonds is 16. The summed E-state index contributed by atoms with van der Waals surface area (Å²) in [6.45, 7) is -0.655. The van der Waals surface area contributed by atoms with Crippen LogP contribution in [0.3, 0.4) is 0 Å². The third-order valence-electron chi connectivity index (χ3n) is 30.6. The predicted molar refractivity (Wildman–Crippen MR) is 604 cm³/mol. The Bertz CT molecular complexity index is 9520. The van der Waals surface area contributed by atoms with Gasteiger partial charge in [-0.2, -0.15) is 0 Å². The van der Waals surface area contributed by atoms with E-state index in [0.717, 1.165) is 229 Å². The quantitative estimate of drug-likeness (QED) is 0.0902. The highest BCUT2D eigenvalue weighted by Gasteiger charge is 2.46. The molecule has 0 saturated heterocycles. The molecule has 0 bridgehead atoms. The van der Waals surface area contributed by atoms with Gasteiger partial charge in [0.25, 0.3) is 13.4 Å². The molecule has 6 heterocycles. The summed E-state index contributed by atoms with van der Waals surface area (Å²) >= 11 is 0. The van der Waals surface area contributed by atoms with E-state index in [1.165, 1.54) is 60.2 Å². The number of nitrogens with zero attached hydrogens (tertiary/aromatic N) is 2. The molecule has 23 aromatic carbocycles. The highest BCUT2D eigenvalue weighted by molar-refractivity contribution is 7.00. The third-order valence-corrected chi connectivity index (χ3v) is 30.6. The molecular weight excluding hydrogens is 1740 g/mol. The molecule has 25 aromatic rings. The van der Waals surface area contributed by atoms with E-state index >= 15 is 0 Å². The predicted octanol–water partition coefficient (Wildman–Crippen LogP) is 32.4. The van der Waals surface area contributed by atoms with Crippen molar-refractivity contribution < 1.29 is 9.47 Å². The molecule has 0 amide bonds. The second-order valence-electron chi connectivity index (χ2n) is 38.6. The first-order chi connectivity index (χ1) is 71.4. The van der Waals surface area contributed by atoms with E-state index in [9.17, 15) is 0 Å². The Kier molecular flexibility index (Phi) is 19.2. The van der Waals surface area contributed by atoms with Crippen molar-refractivity contribution in [1.82, 2.24) is 9.13 Å². The molecule has 0 aliphatic carbocycles. The Morgan fingerprint density at radius 1 is 0.146 bits per heavy atom. The summed E-state index contributed by atoms with van der Waals surface area (Å²) in [6, 6.07) is 194. The van der Waals surface area contributed by atoms with Gasteiger partial charge in [-0.1, -0.05) is 437 Å². The van der Waals surface area contributed by atoms with Crippen molar-refractivity contribution in [2.24, 2.45) is 0 Å². The van der Waals surface area contributed by atoms with Gasteiger partial charge in [-0.25, -0.2) is 0 Å². The zero-order valence-corrected chi connectivity index (χ0v) is 78.5. The summed E-state index contributed by atoms with van der Waals surface area (Å²) in [5, 5.41) is 4.77. The lowest BCUT2D eigenvalue weighted by atomic mass is 9.34. The molecule has 0 spiro atoms. The van der Waals surface area contributed by atoms with Crippen molar-refractivity contribution in [3.05, 3.63) is 522 Å². The minimum absolute atomic E-state index is 0.319. The SMILES string of the molecule is c1ccc(-c2cc3c4c(c2)-n2c5ccc(-c6ccccc6)cc5c5cc(-c6ccccc6)cc(c52)B4c2cc(-c4ccccc4-c4ccccc4)cc(-c4cc(-c5ccc(-c6cc(-c7ccccc7-c7ccccc7)cc7c6Oc6cc(-c8ccccc8-c8ccccc8)cc8c6B7c6cc(-c7ccccc7)cc7c9cc(-c%10ccccc%10)ccc9n-8c67)c(-c6ccccc6)c5)ccc4-c4ccccc4)c2O3)cc1. The van der Waals surface area contributed by atoms with Gasteiger partial charge >= 0.3 is 0 Å². The monoisotopic (exact) mass is 1820 g/mol. The standard InChI is InChI=1S/C138H86B2N2O2/c1-11-37-87(38-12-1)97-65-69-127-117(73-97)119-75-101(89-41-15-3-16-42-89)79-123-135(119)141(127)129-83-103(91-45-19-5-20-46-91)85-131-133(129)140(123)126-82-105(111-61-35-32-58-108(111)93-49-23-7-24-50-93)78-122(138(126)143-131)116-72-100(63-67-113(116)95-53-27-9-28-54-95)99-64-68-114(115(71-99)96-55-29-10-30-56-96)121-77-104(110-60-34-31-57-107(110)92-47-21-6-22-48-92)81-125-137(121)144-132-86-106(112-62-36-33-59-109(112)94-51-25-8-26-52-94)84-130-134(132)139(125)124-80-102(90-43-17-4-18-44-90)76-120-118-74-98(88-39-13-2-14-40-88)66-70-128(118)142(130)136(120)124/h1-86H. The fourth-order valence-electron chi connectivity index (χ4n) is 24.1. The second kappa shape index (κ2) is 33.6. The second-order valence-corrected chi connectivity index (χ2v) is 38.6. The average Bonchev–Trinajstić information content (AvgIpc) is 1.32. The number of benzene rings is 23. The maximum absolute atomic E-state index is 8.30. The van der Waals surface area contributed by atoms with E-state index in [1.54, 1.807) is 0 Å². The van der Waals surface area contributed by atoms with Crippen molar-refractivity contribution in [3.8, 4) is 212 Å². The van der Waals surface area contributed by atoms with Crippen molar-refractivity contribution in [2.45, 2.75) is 0 Å². The third kappa shape index (κ3) is 13.5. The van der Waals surface area contributed by atoms with Crippen molar-refractivity contribution in [1.29, 1.82) is 0 Å². The molecule has 0 fully saturated rings. The lowest BCUT2D eigenvalue weighted by molar-refractivity contribution is 0.489. The van der Waals surface area contributed by atoms with E-state index in [-0.39, 0.29) is 13.4 Å². The molecular formula is C138H86B2N2O2. The first-order valence-corrected chi connectivity index (χ1v) is 49.9. The Morgan fingerprint density at radius 3 is 0.757 bits per heavy atom. The van der Waals surface area contributed by atoms with Crippen molar-refractivity contribution in [2.75, 3.05) is 0 Å². The van der Waals surface area contributed by atoms with Crippen LogP contribution in [0, 0.1) is 0 Å². The van der Waals surface area contributed by atoms with Crippen molar-refractivity contribution in [3.63, 3.8) is 0 Å². The Hall–Kier alpha value is -18.6. The largest absolute Gasteiger partial charge is 0.458 e. The van der Waals surface area contributed by atoms with Gasteiger partial charge in [0.1, 0.15) is 23.0 Å². The number of hydrogen-bond acceptors (Lipinski definition) is 2. The van der Waals surface area contributed by atoms with Gasteiger partial charge in [0.2, 0.25) is 0 Å². The average molecular weight is 1830 g/mol. The molecule has 0 radical (unpaired) electrons. The molecule has 4 nitrogen and oxygen atoms in total. The molecule has 2 aromatic heterocycles. The summed E-state index contributed by atoms with van der Waals surface area (Å²) in [5.74, 6) is 3.27. The van der Waals surface area contributed by atoms with Crippen molar-refractivity contribution >= 4 is 89.8 Å². The van der Waals surface area contributed by atoms with Crippen LogP contribution in [0.1, 0.15) is 0 Å². The Morgan fingerprint density at radius 2 is 0.389 bits per heavy atom. The summed E-state index contributed by atoms with van der Waals surface area (Å²) in [6.07, 6.45) is 0. The summed E-state index contributed by atoms with van der Waals surface area (Å²) < 4.78 is 21.7. The molecule has 4 aliphatic rings.